The van der Waals surface area contributed by atoms with Crippen LogP contribution in [0, 0.1) is 0 Å². The van der Waals surface area contributed by atoms with Gasteiger partial charge in [0, 0.05) is 0 Å². The van der Waals surface area contributed by atoms with Gasteiger partial charge in [-0.1, -0.05) is 169 Å². The maximum atomic E-state index is 2.24. The minimum atomic E-state index is 1.26. The highest BCUT2D eigenvalue weighted by Crippen LogP contribution is 2.25. The van der Waals surface area contributed by atoms with Gasteiger partial charge in [0.1, 0.15) is 0 Å². The van der Waals surface area contributed by atoms with Crippen LogP contribution in [0.2, 0.25) is 0 Å². The summed E-state index contributed by atoms with van der Waals surface area (Å²) in [6.45, 7) is 12.0. The summed E-state index contributed by atoms with van der Waals surface area (Å²) in [6.07, 6.45) is 0. The van der Waals surface area contributed by atoms with E-state index < -0.39 is 0 Å². The molecule has 0 aliphatic heterocycles. The fourth-order valence-electron chi connectivity index (χ4n) is 3.27. The summed E-state index contributed by atoms with van der Waals surface area (Å²) in [4.78, 5) is 0. The molecule has 0 bridgehead atoms. The molecule has 0 spiro atoms. The molecule has 0 atom stereocenters. The maximum absolute atomic E-state index is 2.24. The van der Waals surface area contributed by atoms with E-state index >= 15 is 0 Å². The van der Waals surface area contributed by atoms with E-state index in [9.17, 15) is 0 Å². The van der Waals surface area contributed by atoms with Gasteiger partial charge in [-0.3, -0.25) is 0 Å². The van der Waals surface area contributed by atoms with Crippen molar-refractivity contribution in [3.05, 3.63) is 133 Å². The number of hydrogen-bond donors (Lipinski definition) is 0. The van der Waals surface area contributed by atoms with Gasteiger partial charge in [0.2, 0.25) is 0 Å². The van der Waals surface area contributed by atoms with E-state index in [1.165, 1.54) is 33.0 Å². The van der Waals surface area contributed by atoms with Gasteiger partial charge < -0.3 is 0 Å². The summed E-state index contributed by atoms with van der Waals surface area (Å²) >= 11 is 0. The topological polar surface area (TPSA) is 0 Å². The maximum Gasteiger partial charge on any atom is -0.0178 e. The monoisotopic (exact) mass is 448 g/mol. The minimum absolute atomic E-state index is 1.26. The molecule has 5 rings (SSSR count). The number of rotatable bonds is 2. The largest absolute Gasteiger partial charge is 0.0683 e. The van der Waals surface area contributed by atoms with Crippen molar-refractivity contribution in [3.63, 3.8) is 0 Å². The fourth-order valence-corrected chi connectivity index (χ4v) is 3.27. The third kappa shape index (κ3) is 9.08. The molecule has 0 amide bonds. The summed E-state index contributed by atoms with van der Waals surface area (Å²) in [5.41, 5.74) is 5.04. The van der Waals surface area contributed by atoms with Gasteiger partial charge >= 0.3 is 0 Å². The smallest absolute Gasteiger partial charge is 0.0178 e. The summed E-state index contributed by atoms with van der Waals surface area (Å²) in [6, 6.07) is 46.3. The van der Waals surface area contributed by atoms with Crippen LogP contribution in [0.15, 0.2) is 133 Å². The first kappa shape index (κ1) is 28.4. The summed E-state index contributed by atoms with van der Waals surface area (Å²) < 4.78 is 0. The molecule has 0 heteroatoms. The average Bonchev–Trinajstić information content (AvgIpc) is 2.98. The van der Waals surface area contributed by atoms with Crippen LogP contribution in [0.5, 0.6) is 0 Å². The first-order valence-electron chi connectivity index (χ1n) is 12.5. The Morgan fingerprint density at radius 1 is 0.265 bits per heavy atom. The van der Waals surface area contributed by atoms with Crippen molar-refractivity contribution in [2.75, 3.05) is 0 Å². The molecule has 0 aliphatic carbocycles. The van der Waals surface area contributed by atoms with Crippen molar-refractivity contribution in [1.82, 2.24) is 0 Å². The molecule has 0 unspecified atom stereocenters. The molecule has 0 saturated carbocycles. The molecule has 0 heterocycles. The minimum Gasteiger partial charge on any atom is -0.0683 e. The molecular weight excluding hydrogens is 408 g/mol. The van der Waals surface area contributed by atoms with E-state index in [-0.39, 0.29) is 0 Å². The van der Waals surface area contributed by atoms with Crippen LogP contribution in [0.1, 0.15) is 41.5 Å². The molecule has 0 aromatic heterocycles. The van der Waals surface area contributed by atoms with Gasteiger partial charge in [0.15, 0.2) is 0 Å². The van der Waals surface area contributed by atoms with Crippen LogP contribution < -0.4 is 0 Å². The van der Waals surface area contributed by atoms with E-state index in [1.807, 2.05) is 53.7 Å². The van der Waals surface area contributed by atoms with E-state index in [1.54, 1.807) is 0 Å². The van der Waals surface area contributed by atoms with Gasteiger partial charge in [-0.2, -0.15) is 0 Å². The van der Waals surface area contributed by atoms with Crippen molar-refractivity contribution < 1.29 is 0 Å². The van der Waals surface area contributed by atoms with Gasteiger partial charge in [-0.15, -0.1) is 0 Å². The normalized spacial score (nSPS) is 8.88. The van der Waals surface area contributed by atoms with Gasteiger partial charge in [0.05, 0.1) is 0 Å². The Kier molecular flexibility index (Phi) is 14.9. The van der Waals surface area contributed by atoms with Crippen LogP contribution >= 0.6 is 0 Å². The molecule has 5 aromatic rings. The molecule has 0 saturated heterocycles. The lowest BCUT2D eigenvalue weighted by molar-refractivity contribution is 1.50. The zero-order valence-electron chi connectivity index (χ0n) is 21.7. The van der Waals surface area contributed by atoms with Crippen molar-refractivity contribution in [3.8, 4) is 22.3 Å². The Labute approximate surface area is 207 Å². The first-order chi connectivity index (χ1) is 16.9. The van der Waals surface area contributed by atoms with Crippen LogP contribution in [-0.2, 0) is 0 Å². The van der Waals surface area contributed by atoms with E-state index in [0.29, 0.717) is 0 Å². The zero-order valence-corrected chi connectivity index (χ0v) is 21.7. The lowest BCUT2D eigenvalue weighted by atomic mass is 9.99. The van der Waals surface area contributed by atoms with Gasteiger partial charge in [0.25, 0.3) is 0 Å². The molecule has 34 heavy (non-hydrogen) atoms. The average molecular weight is 449 g/mol. The highest BCUT2D eigenvalue weighted by atomic mass is 14.0. The van der Waals surface area contributed by atoms with Crippen LogP contribution in [0.4, 0.5) is 0 Å². The van der Waals surface area contributed by atoms with Crippen molar-refractivity contribution in [1.29, 1.82) is 0 Å². The molecule has 5 aromatic carbocycles. The summed E-state index contributed by atoms with van der Waals surface area (Å²) in [7, 11) is 0. The van der Waals surface area contributed by atoms with E-state index in [2.05, 4.69) is 121 Å². The first-order valence-corrected chi connectivity index (χ1v) is 12.5. The Morgan fingerprint density at radius 2 is 0.529 bits per heavy atom. The van der Waals surface area contributed by atoms with Crippen molar-refractivity contribution >= 4 is 10.8 Å². The lowest BCUT2D eigenvalue weighted by Gasteiger charge is -2.05. The highest BCUT2D eigenvalue weighted by molar-refractivity contribution is 5.82. The third-order valence-corrected chi connectivity index (χ3v) is 4.74. The third-order valence-electron chi connectivity index (χ3n) is 4.74. The molecular formula is C34H40. The van der Waals surface area contributed by atoms with Crippen molar-refractivity contribution in [2.24, 2.45) is 0 Å². The number of fused-ring (bicyclic) bond motifs is 1. The molecule has 0 aliphatic rings. The van der Waals surface area contributed by atoms with Crippen molar-refractivity contribution in [2.45, 2.75) is 41.5 Å². The Balaban J connectivity index is 0.000000306. The number of benzene rings is 5. The Morgan fingerprint density at radius 3 is 0.853 bits per heavy atom. The molecule has 0 N–H and O–H groups in total. The SMILES string of the molecule is CC.CC.CC.c1ccc(-c2cccc(-c3ccccc3)c2)cc1.c1ccc2ccccc2c1. The second kappa shape index (κ2) is 17.9. The van der Waals surface area contributed by atoms with E-state index in [4.69, 9.17) is 0 Å². The second-order valence-electron chi connectivity index (χ2n) is 6.66. The molecule has 0 fully saturated rings. The summed E-state index contributed by atoms with van der Waals surface area (Å²) in [5, 5.41) is 2.62. The fraction of sp³-hybridized carbons (Fsp3) is 0.176. The van der Waals surface area contributed by atoms with Crippen LogP contribution in [0.3, 0.4) is 0 Å². The standard InChI is InChI=1S/C18H14.C10H8.3C2H6/c1-3-8-15(9-4-1)17-12-7-13-18(14-17)16-10-5-2-6-11-16;1-2-6-10-8-4-3-7-9(10)5-1;3*1-2/h1-14H;1-8H;3*1-2H3. The van der Waals surface area contributed by atoms with E-state index in [0.717, 1.165) is 0 Å². The quantitative estimate of drug-likeness (QED) is 0.252. The highest BCUT2D eigenvalue weighted by Gasteiger charge is 2.00. The Bertz CT molecular complexity index is 1020. The van der Waals surface area contributed by atoms with Gasteiger partial charge in [-0.25, -0.2) is 0 Å². The zero-order chi connectivity index (χ0) is 25.0. The summed E-state index contributed by atoms with van der Waals surface area (Å²) in [5.74, 6) is 0. The molecule has 0 nitrogen and oxygen atoms in total. The second-order valence-corrected chi connectivity index (χ2v) is 6.66. The Hall–Kier alpha value is -3.64. The molecule has 0 radical (unpaired) electrons. The predicted octanol–water partition coefficient (Wildman–Crippen LogP) is 10.9. The number of hydrogen-bond acceptors (Lipinski definition) is 0. The van der Waals surface area contributed by atoms with Crippen LogP contribution in [0.25, 0.3) is 33.0 Å². The van der Waals surface area contributed by atoms with Crippen LogP contribution in [-0.4, -0.2) is 0 Å². The predicted molar refractivity (Wildman–Crippen MR) is 155 cm³/mol. The van der Waals surface area contributed by atoms with Gasteiger partial charge in [-0.05, 0) is 39.1 Å². The molecule has 176 valence electrons. The lowest BCUT2D eigenvalue weighted by Crippen LogP contribution is -1.80.